The molecule has 0 saturated carbocycles. The summed E-state index contributed by atoms with van der Waals surface area (Å²) in [4.78, 5) is 14.7. The van der Waals surface area contributed by atoms with Gasteiger partial charge in [-0.15, -0.1) is 0 Å². The van der Waals surface area contributed by atoms with Crippen LogP contribution in [0, 0.1) is 11.3 Å². The van der Waals surface area contributed by atoms with Gasteiger partial charge in [-0.05, 0) is 24.3 Å². The van der Waals surface area contributed by atoms with Crippen LogP contribution in [-0.2, 0) is 0 Å². The van der Waals surface area contributed by atoms with E-state index >= 15 is 0 Å². The van der Waals surface area contributed by atoms with Gasteiger partial charge in [-0.1, -0.05) is 12.1 Å². The van der Waals surface area contributed by atoms with Gasteiger partial charge in [0.25, 0.3) is 0 Å². The fourth-order valence-corrected chi connectivity index (χ4v) is 1.35. The van der Waals surface area contributed by atoms with Crippen molar-refractivity contribution in [1.29, 1.82) is 5.26 Å². The molecular formula is C13H8N2O3. The summed E-state index contributed by atoms with van der Waals surface area (Å²) in [5, 5.41) is 17.5. The molecule has 0 amide bonds. The van der Waals surface area contributed by atoms with Crippen LogP contribution in [0.3, 0.4) is 0 Å². The van der Waals surface area contributed by atoms with Crippen molar-refractivity contribution >= 4 is 5.97 Å². The van der Waals surface area contributed by atoms with Crippen molar-refractivity contribution in [3.05, 3.63) is 53.7 Å². The Morgan fingerprint density at radius 1 is 1.28 bits per heavy atom. The van der Waals surface area contributed by atoms with Gasteiger partial charge in [0, 0.05) is 6.07 Å². The maximum absolute atomic E-state index is 10.8. The summed E-state index contributed by atoms with van der Waals surface area (Å²) in [6, 6.07) is 12.7. The maximum Gasteiger partial charge on any atom is 0.335 e. The van der Waals surface area contributed by atoms with Gasteiger partial charge < -0.3 is 9.84 Å². The number of ether oxygens (including phenoxy) is 1. The minimum Gasteiger partial charge on any atom is -0.478 e. The molecular weight excluding hydrogens is 232 g/mol. The molecule has 5 nitrogen and oxygen atoms in total. The van der Waals surface area contributed by atoms with Gasteiger partial charge in [-0.3, -0.25) is 0 Å². The smallest absolute Gasteiger partial charge is 0.335 e. The van der Waals surface area contributed by atoms with Crippen LogP contribution in [0.15, 0.2) is 42.5 Å². The second-order valence-corrected chi connectivity index (χ2v) is 3.41. The van der Waals surface area contributed by atoms with E-state index in [4.69, 9.17) is 15.1 Å². The van der Waals surface area contributed by atoms with Crippen molar-refractivity contribution < 1.29 is 14.6 Å². The molecule has 1 aromatic heterocycles. The molecule has 2 aromatic rings. The highest BCUT2D eigenvalue weighted by molar-refractivity contribution is 5.88. The number of aromatic nitrogens is 1. The van der Waals surface area contributed by atoms with Gasteiger partial charge in [0.15, 0.2) is 0 Å². The Morgan fingerprint density at radius 3 is 2.78 bits per heavy atom. The second kappa shape index (κ2) is 4.97. The molecule has 0 spiro atoms. The summed E-state index contributed by atoms with van der Waals surface area (Å²) in [5.41, 5.74) is 0.367. The lowest BCUT2D eigenvalue weighted by Crippen LogP contribution is -1.96. The lowest BCUT2D eigenvalue weighted by atomic mass is 10.2. The molecule has 18 heavy (non-hydrogen) atoms. The highest BCUT2D eigenvalue weighted by Crippen LogP contribution is 2.20. The fraction of sp³-hybridized carbons (Fsp3) is 0. The number of carboxylic acids is 1. The number of nitriles is 1. The molecule has 0 bridgehead atoms. The Bertz CT molecular complexity index is 632. The molecule has 1 heterocycles. The SMILES string of the molecule is N#Cc1cccc(Oc2cccc(C(=O)O)c2)n1. The minimum absolute atomic E-state index is 0.129. The van der Waals surface area contributed by atoms with Gasteiger partial charge in [0.2, 0.25) is 5.88 Å². The first-order chi connectivity index (χ1) is 8.69. The number of benzene rings is 1. The predicted octanol–water partition coefficient (Wildman–Crippen LogP) is 2.44. The normalized spacial score (nSPS) is 9.50. The molecule has 0 saturated heterocycles. The Morgan fingerprint density at radius 2 is 2.06 bits per heavy atom. The van der Waals surface area contributed by atoms with Crippen molar-refractivity contribution in [3.63, 3.8) is 0 Å². The quantitative estimate of drug-likeness (QED) is 0.890. The lowest BCUT2D eigenvalue weighted by Gasteiger charge is -2.05. The van der Waals surface area contributed by atoms with E-state index in [9.17, 15) is 4.79 Å². The topological polar surface area (TPSA) is 83.2 Å². The van der Waals surface area contributed by atoms with Crippen molar-refractivity contribution in [2.75, 3.05) is 0 Å². The molecule has 0 atom stereocenters. The zero-order chi connectivity index (χ0) is 13.0. The Balaban J connectivity index is 2.26. The van der Waals surface area contributed by atoms with Crippen molar-refractivity contribution in [2.45, 2.75) is 0 Å². The number of hydrogen-bond acceptors (Lipinski definition) is 4. The van der Waals surface area contributed by atoms with Gasteiger partial charge in [0.1, 0.15) is 17.5 Å². The third kappa shape index (κ3) is 2.62. The standard InChI is InChI=1S/C13H8N2O3/c14-8-10-4-2-6-12(15-10)18-11-5-1-3-9(7-11)13(16)17/h1-7H,(H,16,17). The average molecular weight is 240 g/mol. The highest BCUT2D eigenvalue weighted by Gasteiger charge is 2.05. The summed E-state index contributed by atoms with van der Waals surface area (Å²) < 4.78 is 5.39. The molecule has 0 aliphatic rings. The summed E-state index contributed by atoms with van der Waals surface area (Å²) in [7, 11) is 0. The van der Waals surface area contributed by atoms with Crippen molar-refractivity contribution in [2.24, 2.45) is 0 Å². The van der Waals surface area contributed by atoms with Gasteiger partial charge in [-0.25, -0.2) is 9.78 Å². The number of hydrogen-bond donors (Lipinski definition) is 1. The number of pyridine rings is 1. The summed E-state index contributed by atoms with van der Waals surface area (Å²) >= 11 is 0. The van der Waals surface area contributed by atoms with E-state index in [1.807, 2.05) is 6.07 Å². The van der Waals surface area contributed by atoms with E-state index < -0.39 is 5.97 Å². The fourth-order valence-electron chi connectivity index (χ4n) is 1.35. The minimum atomic E-state index is -1.03. The van der Waals surface area contributed by atoms with E-state index in [1.54, 1.807) is 30.3 Å². The first kappa shape index (κ1) is 11.6. The van der Waals surface area contributed by atoms with Crippen LogP contribution >= 0.6 is 0 Å². The molecule has 0 aliphatic carbocycles. The molecule has 2 rings (SSSR count). The molecule has 0 unspecified atom stereocenters. The lowest BCUT2D eigenvalue weighted by molar-refractivity contribution is 0.0696. The van der Waals surface area contributed by atoms with Gasteiger partial charge >= 0.3 is 5.97 Å². The first-order valence-electron chi connectivity index (χ1n) is 5.07. The van der Waals surface area contributed by atoms with Crippen molar-refractivity contribution in [1.82, 2.24) is 4.98 Å². The summed E-state index contributed by atoms with van der Waals surface area (Å²) in [6.07, 6.45) is 0. The van der Waals surface area contributed by atoms with Crippen LogP contribution in [0.5, 0.6) is 11.6 Å². The molecule has 1 N–H and O–H groups in total. The number of aromatic carboxylic acids is 1. The van der Waals surface area contributed by atoms with E-state index in [-0.39, 0.29) is 17.1 Å². The molecule has 0 fully saturated rings. The third-order valence-electron chi connectivity index (χ3n) is 2.14. The number of carbonyl (C=O) groups is 1. The van der Waals surface area contributed by atoms with Crippen LogP contribution in [0.4, 0.5) is 0 Å². The maximum atomic E-state index is 10.8. The summed E-state index contributed by atoms with van der Waals surface area (Å²) in [5.74, 6) is -0.423. The molecule has 0 radical (unpaired) electrons. The Labute approximate surface area is 103 Å². The van der Waals surface area contributed by atoms with Crippen LogP contribution in [0.2, 0.25) is 0 Å². The number of carboxylic acid groups (broad SMARTS) is 1. The van der Waals surface area contributed by atoms with E-state index in [1.165, 1.54) is 12.1 Å². The van der Waals surface area contributed by atoms with Crippen LogP contribution in [0.25, 0.3) is 0 Å². The highest BCUT2D eigenvalue weighted by atomic mass is 16.5. The Kier molecular flexibility index (Phi) is 3.21. The first-order valence-corrected chi connectivity index (χ1v) is 5.07. The molecule has 0 aliphatic heterocycles. The monoisotopic (exact) mass is 240 g/mol. The Hall–Kier alpha value is -2.87. The van der Waals surface area contributed by atoms with Crippen LogP contribution in [0.1, 0.15) is 16.1 Å². The average Bonchev–Trinajstić information content (AvgIpc) is 2.39. The third-order valence-corrected chi connectivity index (χ3v) is 2.14. The number of nitrogens with zero attached hydrogens (tertiary/aromatic N) is 2. The zero-order valence-corrected chi connectivity index (χ0v) is 9.20. The van der Waals surface area contributed by atoms with Gasteiger partial charge in [-0.2, -0.15) is 5.26 Å². The summed E-state index contributed by atoms with van der Waals surface area (Å²) in [6.45, 7) is 0. The van der Waals surface area contributed by atoms with Crippen LogP contribution < -0.4 is 4.74 Å². The zero-order valence-electron chi connectivity index (χ0n) is 9.20. The van der Waals surface area contributed by atoms with E-state index in [0.717, 1.165) is 0 Å². The number of rotatable bonds is 3. The second-order valence-electron chi connectivity index (χ2n) is 3.41. The van der Waals surface area contributed by atoms with E-state index in [2.05, 4.69) is 4.98 Å². The molecule has 1 aromatic carbocycles. The van der Waals surface area contributed by atoms with E-state index in [0.29, 0.717) is 5.75 Å². The van der Waals surface area contributed by atoms with Crippen LogP contribution in [-0.4, -0.2) is 16.1 Å². The molecule has 88 valence electrons. The largest absolute Gasteiger partial charge is 0.478 e. The van der Waals surface area contributed by atoms with Gasteiger partial charge in [0.05, 0.1) is 5.56 Å². The predicted molar refractivity (Wildman–Crippen MR) is 62.4 cm³/mol. The molecule has 5 heteroatoms. The van der Waals surface area contributed by atoms with Crippen molar-refractivity contribution in [3.8, 4) is 17.7 Å².